The SMILES string of the molecule is CC(C)n1ccn(C(C)C)[c]1=[Pd]. The number of imidazole rings is 1. The molecule has 72 valence electrons. The molecule has 1 aromatic heterocycles. The summed E-state index contributed by atoms with van der Waals surface area (Å²) in [5.74, 6) is 0. The van der Waals surface area contributed by atoms with Gasteiger partial charge in [0.25, 0.3) is 0 Å². The summed E-state index contributed by atoms with van der Waals surface area (Å²) in [5.41, 5.74) is 0. The number of nitrogens with zero attached hydrogens (tertiary/aromatic N) is 2. The Bertz CT molecular complexity index is 278. The van der Waals surface area contributed by atoms with Crippen molar-refractivity contribution in [3.05, 3.63) is 16.3 Å². The van der Waals surface area contributed by atoms with E-state index in [-0.39, 0.29) is 0 Å². The summed E-state index contributed by atoms with van der Waals surface area (Å²) in [6.45, 7) is 8.73. The molecule has 0 fully saturated rings. The first-order chi connectivity index (χ1) is 5.54. The molecule has 0 unspecified atom stereocenters. The van der Waals surface area contributed by atoms with Gasteiger partial charge in [0.2, 0.25) is 0 Å². The fourth-order valence-corrected chi connectivity index (χ4v) is 2.16. The van der Waals surface area contributed by atoms with E-state index in [1.54, 1.807) is 0 Å². The summed E-state index contributed by atoms with van der Waals surface area (Å²) >= 11 is 3.30. The zero-order chi connectivity index (χ0) is 9.30. The Morgan fingerprint density at radius 3 is 1.50 bits per heavy atom. The van der Waals surface area contributed by atoms with Gasteiger partial charge in [-0.1, -0.05) is 0 Å². The summed E-state index contributed by atoms with van der Waals surface area (Å²) in [7, 11) is 0. The van der Waals surface area contributed by atoms with Crippen LogP contribution in [0.2, 0.25) is 0 Å². The van der Waals surface area contributed by atoms with Gasteiger partial charge in [0.1, 0.15) is 0 Å². The van der Waals surface area contributed by atoms with Gasteiger partial charge in [0, 0.05) is 0 Å². The topological polar surface area (TPSA) is 9.86 Å². The third-order valence-corrected chi connectivity index (χ3v) is 2.70. The second-order valence-electron chi connectivity index (χ2n) is 3.54. The number of rotatable bonds is 2. The molecule has 1 rings (SSSR count). The monoisotopic (exact) mass is 258 g/mol. The van der Waals surface area contributed by atoms with Crippen molar-refractivity contribution in [1.82, 2.24) is 9.13 Å². The van der Waals surface area contributed by atoms with Gasteiger partial charge in [0.15, 0.2) is 0 Å². The molecule has 1 aromatic rings. The molecule has 0 saturated heterocycles. The van der Waals surface area contributed by atoms with Crippen LogP contribution >= 0.6 is 0 Å². The average Bonchev–Trinajstić information content (AvgIpc) is 2.30. The van der Waals surface area contributed by atoms with Crippen LogP contribution in [-0.4, -0.2) is 9.13 Å². The first-order valence-corrected chi connectivity index (χ1v) is 5.06. The van der Waals surface area contributed by atoms with Crippen LogP contribution in [0.3, 0.4) is 0 Å². The van der Waals surface area contributed by atoms with Crippen molar-refractivity contribution in [2.24, 2.45) is 0 Å². The van der Waals surface area contributed by atoms with Crippen LogP contribution in [0.5, 0.6) is 0 Å². The van der Waals surface area contributed by atoms with Gasteiger partial charge < -0.3 is 0 Å². The van der Waals surface area contributed by atoms with Gasteiger partial charge in [-0.15, -0.1) is 0 Å². The maximum atomic E-state index is 3.30. The number of hydrogen-bond acceptors (Lipinski definition) is 0. The van der Waals surface area contributed by atoms with Gasteiger partial charge in [-0.05, 0) is 0 Å². The van der Waals surface area contributed by atoms with Crippen molar-refractivity contribution >= 4 is 0 Å². The van der Waals surface area contributed by atoms with E-state index >= 15 is 0 Å². The van der Waals surface area contributed by atoms with Crippen LogP contribution in [0, 0.1) is 3.89 Å². The predicted molar refractivity (Wildman–Crippen MR) is 46.4 cm³/mol. The minimum atomic E-state index is 0.523. The van der Waals surface area contributed by atoms with Crippen molar-refractivity contribution in [3.63, 3.8) is 0 Å². The molecule has 3 heteroatoms. The standard InChI is InChI=1S/C9H16N2.Pd/c1-8(2)10-5-6-11(7-10)9(3)4;/h5-6,8-9H,1-4H3;. The molecule has 0 amide bonds. The fraction of sp³-hybridized carbons (Fsp3) is 0.667. The van der Waals surface area contributed by atoms with Gasteiger partial charge in [-0.2, -0.15) is 0 Å². The molecule has 1 heterocycles. The molecule has 0 atom stereocenters. The molecule has 0 bridgehead atoms. The Hall–Kier alpha value is -0.128. The maximum absolute atomic E-state index is 3.30. The van der Waals surface area contributed by atoms with Crippen LogP contribution in [-0.2, 0) is 18.7 Å². The second kappa shape index (κ2) is 3.72. The van der Waals surface area contributed by atoms with Crippen molar-refractivity contribution in [3.8, 4) is 0 Å². The van der Waals surface area contributed by atoms with E-state index in [1.165, 1.54) is 3.89 Å². The molecule has 0 spiro atoms. The third kappa shape index (κ3) is 1.78. The molecule has 0 aliphatic rings. The van der Waals surface area contributed by atoms with Gasteiger partial charge >= 0.3 is 83.9 Å². The molecule has 12 heavy (non-hydrogen) atoms. The molecule has 0 N–H and O–H groups in total. The Morgan fingerprint density at radius 2 is 1.33 bits per heavy atom. The van der Waals surface area contributed by atoms with E-state index in [1.807, 2.05) is 0 Å². The third-order valence-electron chi connectivity index (χ3n) is 1.89. The van der Waals surface area contributed by atoms with Crippen molar-refractivity contribution in [2.45, 2.75) is 39.8 Å². The normalized spacial score (nSPS) is 11.7. The van der Waals surface area contributed by atoms with E-state index < -0.39 is 0 Å². The Kier molecular flexibility index (Phi) is 3.09. The van der Waals surface area contributed by atoms with E-state index in [9.17, 15) is 0 Å². The van der Waals surface area contributed by atoms with Crippen LogP contribution < -0.4 is 0 Å². The summed E-state index contributed by atoms with van der Waals surface area (Å²) < 4.78 is 5.63. The molecule has 0 saturated carbocycles. The van der Waals surface area contributed by atoms with Crippen LogP contribution in [0.25, 0.3) is 0 Å². The van der Waals surface area contributed by atoms with E-state index in [0.29, 0.717) is 12.1 Å². The molecule has 0 radical (unpaired) electrons. The number of hydrogen-bond donors (Lipinski definition) is 0. The predicted octanol–water partition coefficient (Wildman–Crippen LogP) is 2.53. The van der Waals surface area contributed by atoms with Crippen molar-refractivity contribution in [1.29, 1.82) is 0 Å². The summed E-state index contributed by atoms with van der Waals surface area (Å²) in [6.07, 6.45) is 4.23. The number of aromatic nitrogens is 2. The zero-order valence-electron chi connectivity index (χ0n) is 8.02. The first-order valence-electron chi connectivity index (χ1n) is 4.28. The van der Waals surface area contributed by atoms with Gasteiger partial charge in [0.05, 0.1) is 0 Å². The summed E-state index contributed by atoms with van der Waals surface area (Å²) in [5, 5.41) is 0. The van der Waals surface area contributed by atoms with E-state index in [2.05, 4.69) is 68.0 Å². The quantitative estimate of drug-likeness (QED) is 0.722. The summed E-state index contributed by atoms with van der Waals surface area (Å²) in [6, 6.07) is 1.05. The van der Waals surface area contributed by atoms with Gasteiger partial charge in [-0.3, -0.25) is 0 Å². The van der Waals surface area contributed by atoms with Crippen molar-refractivity contribution in [2.75, 3.05) is 0 Å². The van der Waals surface area contributed by atoms with Crippen LogP contribution in [0.15, 0.2) is 12.4 Å². The average molecular weight is 259 g/mol. The molecular formula is C9H16N2Pd. The molecule has 0 aliphatic heterocycles. The van der Waals surface area contributed by atoms with E-state index in [0.717, 1.165) is 0 Å². The Labute approximate surface area is 84.1 Å². The second-order valence-corrected chi connectivity index (χ2v) is 4.24. The molecule has 0 aromatic carbocycles. The van der Waals surface area contributed by atoms with E-state index in [4.69, 9.17) is 0 Å². The molecule has 2 nitrogen and oxygen atoms in total. The van der Waals surface area contributed by atoms with Crippen LogP contribution in [0.4, 0.5) is 0 Å². The zero-order valence-corrected chi connectivity index (χ0v) is 9.57. The molecule has 0 aliphatic carbocycles. The summed E-state index contributed by atoms with van der Waals surface area (Å²) in [4.78, 5) is 0. The van der Waals surface area contributed by atoms with Gasteiger partial charge in [-0.25, -0.2) is 0 Å². The Morgan fingerprint density at radius 1 is 1.00 bits per heavy atom. The fourth-order valence-electron chi connectivity index (χ4n) is 1.13. The van der Waals surface area contributed by atoms with Crippen LogP contribution in [0.1, 0.15) is 39.8 Å². The minimum absolute atomic E-state index is 0.523. The Balaban J connectivity index is 3.14. The first kappa shape index (κ1) is 9.96. The molecular weight excluding hydrogens is 243 g/mol. The van der Waals surface area contributed by atoms with Crippen molar-refractivity contribution < 1.29 is 18.7 Å².